The van der Waals surface area contributed by atoms with Crippen molar-refractivity contribution in [2.45, 2.75) is 19.9 Å². The minimum Gasteiger partial charge on any atom is -0.495 e. The number of methoxy groups -OCH3 is 1. The number of rotatable bonds is 7. The maximum Gasteiger partial charge on any atom is 0.236 e. The number of aromatic nitrogens is 2. The molecule has 0 aliphatic carbocycles. The lowest BCUT2D eigenvalue weighted by Gasteiger charge is -2.23. The zero-order valence-corrected chi connectivity index (χ0v) is 18.1. The van der Waals surface area contributed by atoms with Crippen molar-refractivity contribution in [1.82, 2.24) is 13.9 Å². The van der Waals surface area contributed by atoms with Gasteiger partial charge in [-0.3, -0.25) is 0 Å². The van der Waals surface area contributed by atoms with Gasteiger partial charge in [0.2, 0.25) is 10.0 Å². The molecule has 30 heavy (non-hydrogen) atoms. The Kier molecular flexibility index (Phi) is 6.38. The smallest absolute Gasteiger partial charge is 0.236 e. The van der Waals surface area contributed by atoms with Gasteiger partial charge in [0.25, 0.3) is 0 Å². The van der Waals surface area contributed by atoms with Gasteiger partial charge in [-0.2, -0.15) is 4.31 Å². The van der Waals surface area contributed by atoms with Crippen molar-refractivity contribution in [2.75, 3.05) is 14.2 Å². The molecule has 1 atom stereocenters. The van der Waals surface area contributed by atoms with E-state index < -0.39 is 16.1 Å². The highest BCUT2D eigenvalue weighted by Gasteiger charge is 2.22. The average molecular weight is 430 g/mol. The van der Waals surface area contributed by atoms with Crippen molar-refractivity contribution in [3.05, 3.63) is 83.0 Å². The standard InChI is InChI=1S/C22H24FN3O3S/c1-16-14-26(15-24-16)21-10-5-18(13-22(21)29-4)11-12-30(27,28)25(3)17(2)19-6-8-20(23)9-7-19/h5-15,17H,1-4H3/t17-/m1/s1. The number of ether oxygens (including phenoxy) is 1. The number of benzene rings is 2. The Bertz CT molecular complexity index is 1150. The molecular weight excluding hydrogens is 405 g/mol. The van der Waals surface area contributed by atoms with E-state index in [2.05, 4.69) is 4.98 Å². The molecule has 2 aromatic carbocycles. The fourth-order valence-corrected chi connectivity index (χ4v) is 4.08. The predicted molar refractivity (Wildman–Crippen MR) is 115 cm³/mol. The van der Waals surface area contributed by atoms with Crippen LogP contribution >= 0.6 is 0 Å². The summed E-state index contributed by atoms with van der Waals surface area (Å²) >= 11 is 0. The van der Waals surface area contributed by atoms with E-state index in [1.807, 2.05) is 29.8 Å². The van der Waals surface area contributed by atoms with Gasteiger partial charge in [0.05, 0.1) is 24.8 Å². The van der Waals surface area contributed by atoms with Gasteiger partial charge in [-0.05, 0) is 55.3 Å². The number of sulfonamides is 1. The molecule has 3 aromatic rings. The number of imidazole rings is 1. The molecule has 0 spiro atoms. The minimum absolute atomic E-state index is 0.361. The molecule has 0 amide bonds. The molecule has 158 valence electrons. The van der Waals surface area contributed by atoms with Gasteiger partial charge in [0.1, 0.15) is 11.6 Å². The second-order valence-corrected chi connectivity index (χ2v) is 8.82. The molecule has 0 fully saturated rings. The van der Waals surface area contributed by atoms with E-state index in [0.29, 0.717) is 16.9 Å². The molecule has 0 bridgehead atoms. The molecule has 0 saturated carbocycles. The molecule has 0 aliphatic heterocycles. The molecule has 0 radical (unpaired) electrons. The SMILES string of the molecule is COc1cc(C=CS(=O)(=O)N(C)[C@H](C)c2ccc(F)cc2)ccc1-n1cnc(C)c1. The third-order valence-corrected chi connectivity index (χ3v) is 6.52. The summed E-state index contributed by atoms with van der Waals surface area (Å²) in [6.07, 6.45) is 5.09. The van der Waals surface area contributed by atoms with Crippen molar-refractivity contribution in [3.63, 3.8) is 0 Å². The first-order valence-electron chi connectivity index (χ1n) is 9.32. The summed E-state index contributed by atoms with van der Waals surface area (Å²) in [5.74, 6) is 0.236. The number of nitrogens with zero attached hydrogens (tertiary/aromatic N) is 3. The topological polar surface area (TPSA) is 64.4 Å². The van der Waals surface area contributed by atoms with Crippen LogP contribution in [-0.2, 0) is 10.0 Å². The molecule has 8 heteroatoms. The molecule has 1 aromatic heterocycles. The Labute approximate surface area is 176 Å². The van der Waals surface area contributed by atoms with E-state index in [0.717, 1.165) is 16.8 Å². The van der Waals surface area contributed by atoms with Crippen LogP contribution in [0, 0.1) is 12.7 Å². The fourth-order valence-electron chi connectivity index (χ4n) is 3.00. The zero-order valence-electron chi connectivity index (χ0n) is 17.3. The van der Waals surface area contributed by atoms with Crippen LogP contribution in [0.5, 0.6) is 5.75 Å². The molecule has 0 aliphatic rings. The normalized spacial score (nSPS) is 13.1. The number of hydrogen-bond donors (Lipinski definition) is 0. The summed E-state index contributed by atoms with van der Waals surface area (Å²) in [6, 6.07) is 10.8. The summed E-state index contributed by atoms with van der Waals surface area (Å²) in [5, 5.41) is 1.16. The van der Waals surface area contributed by atoms with Gasteiger partial charge in [-0.1, -0.05) is 18.2 Å². The highest BCUT2D eigenvalue weighted by molar-refractivity contribution is 7.92. The lowest BCUT2D eigenvalue weighted by molar-refractivity contribution is 0.404. The molecule has 0 unspecified atom stereocenters. The van der Waals surface area contributed by atoms with Gasteiger partial charge in [0, 0.05) is 24.7 Å². The van der Waals surface area contributed by atoms with Crippen molar-refractivity contribution in [1.29, 1.82) is 0 Å². The van der Waals surface area contributed by atoms with Crippen LogP contribution < -0.4 is 4.74 Å². The van der Waals surface area contributed by atoms with E-state index in [1.165, 1.54) is 29.6 Å². The molecule has 3 rings (SSSR count). The van der Waals surface area contributed by atoms with E-state index in [4.69, 9.17) is 4.74 Å². The predicted octanol–water partition coefficient (Wildman–Crippen LogP) is 4.32. The maximum absolute atomic E-state index is 13.1. The van der Waals surface area contributed by atoms with Crippen LogP contribution in [0.1, 0.15) is 29.8 Å². The zero-order chi connectivity index (χ0) is 21.9. The summed E-state index contributed by atoms with van der Waals surface area (Å²) < 4.78 is 47.2. The van der Waals surface area contributed by atoms with Crippen molar-refractivity contribution in [3.8, 4) is 11.4 Å². The Morgan fingerprint density at radius 2 is 1.90 bits per heavy atom. The van der Waals surface area contributed by atoms with E-state index in [9.17, 15) is 12.8 Å². The molecular formula is C22H24FN3O3S. The van der Waals surface area contributed by atoms with Crippen LogP contribution in [0.4, 0.5) is 4.39 Å². The van der Waals surface area contributed by atoms with Crippen molar-refractivity contribution < 1.29 is 17.5 Å². The van der Waals surface area contributed by atoms with E-state index in [-0.39, 0.29) is 5.82 Å². The van der Waals surface area contributed by atoms with Crippen LogP contribution in [-0.4, -0.2) is 36.4 Å². The highest BCUT2D eigenvalue weighted by atomic mass is 32.2. The summed E-state index contributed by atoms with van der Waals surface area (Å²) in [6.45, 7) is 3.65. The lowest BCUT2D eigenvalue weighted by Crippen LogP contribution is -2.28. The molecule has 0 N–H and O–H groups in total. The quantitative estimate of drug-likeness (QED) is 0.561. The lowest BCUT2D eigenvalue weighted by atomic mass is 10.1. The van der Waals surface area contributed by atoms with Crippen molar-refractivity contribution >= 4 is 16.1 Å². The number of halogens is 1. The Hall–Kier alpha value is -2.97. The van der Waals surface area contributed by atoms with E-state index in [1.54, 1.807) is 38.6 Å². The number of aryl methyl sites for hydroxylation is 1. The molecule has 6 nitrogen and oxygen atoms in total. The largest absolute Gasteiger partial charge is 0.495 e. The second-order valence-electron chi connectivity index (χ2n) is 6.95. The van der Waals surface area contributed by atoms with Gasteiger partial charge < -0.3 is 9.30 Å². The van der Waals surface area contributed by atoms with Gasteiger partial charge >= 0.3 is 0 Å². The average Bonchev–Trinajstić information content (AvgIpc) is 3.17. The van der Waals surface area contributed by atoms with Crippen LogP contribution in [0.3, 0.4) is 0 Å². The third-order valence-electron chi connectivity index (χ3n) is 4.93. The van der Waals surface area contributed by atoms with Crippen LogP contribution in [0.15, 0.2) is 60.4 Å². The van der Waals surface area contributed by atoms with Crippen LogP contribution in [0.2, 0.25) is 0 Å². The Balaban J connectivity index is 1.82. The minimum atomic E-state index is -3.69. The second kappa shape index (κ2) is 8.81. The first-order chi connectivity index (χ1) is 14.2. The Morgan fingerprint density at radius 1 is 1.20 bits per heavy atom. The van der Waals surface area contributed by atoms with Gasteiger partial charge in [-0.25, -0.2) is 17.8 Å². The van der Waals surface area contributed by atoms with E-state index >= 15 is 0 Å². The van der Waals surface area contributed by atoms with Crippen molar-refractivity contribution in [2.24, 2.45) is 0 Å². The highest BCUT2D eigenvalue weighted by Crippen LogP contribution is 2.26. The maximum atomic E-state index is 13.1. The van der Waals surface area contributed by atoms with Gasteiger partial charge in [0.15, 0.2) is 0 Å². The van der Waals surface area contributed by atoms with Crippen LogP contribution in [0.25, 0.3) is 11.8 Å². The first-order valence-corrected chi connectivity index (χ1v) is 10.8. The summed E-state index contributed by atoms with van der Waals surface area (Å²) in [7, 11) is -0.632. The first kappa shape index (κ1) is 21.7. The third kappa shape index (κ3) is 4.77. The summed E-state index contributed by atoms with van der Waals surface area (Å²) in [4.78, 5) is 4.21. The van der Waals surface area contributed by atoms with Gasteiger partial charge in [-0.15, -0.1) is 0 Å². The number of hydrogen-bond acceptors (Lipinski definition) is 4. The molecule has 1 heterocycles. The Morgan fingerprint density at radius 3 is 2.50 bits per heavy atom. The molecule has 0 saturated heterocycles. The monoisotopic (exact) mass is 429 g/mol. The fraction of sp³-hybridized carbons (Fsp3) is 0.227. The summed E-state index contributed by atoms with van der Waals surface area (Å²) in [5.41, 5.74) is 3.07.